The Hall–Kier alpha value is -4.43. The Bertz CT molecular complexity index is 1520. The molecule has 0 heterocycles. The van der Waals surface area contributed by atoms with Crippen molar-refractivity contribution in [2.24, 2.45) is 0 Å². The predicted molar refractivity (Wildman–Crippen MR) is 148 cm³/mol. The second-order valence-corrected chi connectivity index (χ2v) is 10.4. The number of amides is 1. The van der Waals surface area contributed by atoms with Gasteiger partial charge in [0.15, 0.2) is 0 Å². The first kappa shape index (κ1) is 26.6. The predicted octanol–water partition coefficient (Wildman–Crippen LogP) is 5.82. The van der Waals surface area contributed by atoms with E-state index in [2.05, 4.69) is 5.32 Å². The molecule has 0 saturated carbocycles. The zero-order chi connectivity index (χ0) is 27.1. The molecule has 0 saturated heterocycles. The number of nitrogens with one attached hydrogen (secondary N) is 1. The van der Waals surface area contributed by atoms with Gasteiger partial charge in [-0.15, -0.1) is 0 Å². The molecule has 8 heteroatoms. The van der Waals surface area contributed by atoms with Gasteiger partial charge in [0.25, 0.3) is 15.9 Å². The Labute approximate surface area is 222 Å². The standard InChI is InChI=1S/C30H28N2O5S/c1-3-37-30(34)25-17-14-22(2)28(20-25)31-29(33)24-18-15-23(16-19-24)21-32(26-10-6-4-7-11-26)38(35,36)27-12-8-5-9-13-27/h4-20H,3,21H2,1-2H3,(H,31,33). The van der Waals surface area contributed by atoms with Crippen LogP contribution in [0.3, 0.4) is 0 Å². The van der Waals surface area contributed by atoms with Gasteiger partial charge in [-0.25, -0.2) is 13.2 Å². The molecule has 4 aromatic carbocycles. The molecular weight excluding hydrogens is 500 g/mol. The number of carbonyl (C=O) groups is 2. The minimum Gasteiger partial charge on any atom is -0.462 e. The molecule has 0 aliphatic carbocycles. The summed E-state index contributed by atoms with van der Waals surface area (Å²) in [7, 11) is -3.82. The highest BCUT2D eigenvalue weighted by Crippen LogP contribution is 2.26. The molecule has 0 bridgehead atoms. The average molecular weight is 529 g/mol. The molecule has 0 aromatic heterocycles. The van der Waals surface area contributed by atoms with Crippen LogP contribution in [0.2, 0.25) is 0 Å². The maximum atomic E-state index is 13.5. The van der Waals surface area contributed by atoms with Gasteiger partial charge in [0.1, 0.15) is 0 Å². The molecular formula is C30H28N2O5S. The average Bonchev–Trinajstić information content (AvgIpc) is 2.94. The van der Waals surface area contributed by atoms with Gasteiger partial charge in [0.2, 0.25) is 0 Å². The third kappa shape index (κ3) is 6.10. The number of benzene rings is 4. The van der Waals surface area contributed by atoms with Crippen molar-refractivity contribution in [3.63, 3.8) is 0 Å². The molecule has 4 aromatic rings. The first-order valence-corrected chi connectivity index (χ1v) is 13.5. The third-order valence-corrected chi connectivity index (χ3v) is 7.70. The van der Waals surface area contributed by atoms with Crippen molar-refractivity contribution in [2.45, 2.75) is 25.3 Å². The van der Waals surface area contributed by atoms with E-state index in [4.69, 9.17) is 4.74 Å². The van der Waals surface area contributed by atoms with Gasteiger partial charge in [-0.05, 0) is 73.5 Å². The van der Waals surface area contributed by atoms with Crippen LogP contribution in [0.25, 0.3) is 0 Å². The molecule has 1 N–H and O–H groups in total. The number of hydrogen-bond acceptors (Lipinski definition) is 5. The van der Waals surface area contributed by atoms with Crippen LogP contribution < -0.4 is 9.62 Å². The van der Waals surface area contributed by atoms with Crippen LogP contribution in [-0.2, 0) is 21.3 Å². The Morgan fingerprint density at radius 2 is 1.42 bits per heavy atom. The molecule has 4 rings (SSSR count). The molecule has 0 atom stereocenters. The number of ether oxygens (including phenoxy) is 1. The van der Waals surface area contributed by atoms with E-state index in [0.717, 1.165) is 5.56 Å². The number of hydrogen-bond donors (Lipinski definition) is 1. The number of sulfonamides is 1. The van der Waals surface area contributed by atoms with Gasteiger partial charge >= 0.3 is 5.97 Å². The zero-order valence-corrected chi connectivity index (χ0v) is 21.9. The highest BCUT2D eigenvalue weighted by Gasteiger charge is 2.25. The Morgan fingerprint density at radius 3 is 2.05 bits per heavy atom. The van der Waals surface area contributed by atoms with E-state index in [9.17, 15) is 18.0 Å². The van der Waals surface area contributed by atoms with E-state index in [-0.39, 0.29) is 24.0 Å². The Balaban J connectivity index is 1.55. The highest BCUT2D eigenvalue weighted by atomic mass is 32.2. The van der Waals surface area contributed by atoms with Gasteiger partial charge in [0.05, 0.1) is 29.3 Å². The minimum absolute atomic E-state index is 0.0871. The molecule has 0 spiro atoms. The molecule has 0 aliphatic heterocycles. The number of para-hydroxylation sites is 1. The van der Waals surface area contributed by atoms with Gasteiger partial charge < -0.3 is 10.1 Å². The maximum absolute atomic E-state index is 13.5. The van der Waals surface area contributed by atoms with Crippen LogP contribution in [0.15, 0.2) is 108 Å². The fraction of sp³-hybridized carbons (Fsp3) is 0.133. The number of esters is 1. The minimum atomic E-state index is -3.82. The van der Waals surface area contributed by atoms with Crippen LogP contribution in [0.1, 0.15) is 38.8 Å². The van der Waals surface area contributed by atoms with Crippen LogP contribution in [-0.4, -0.2) is 26.9 Å². The zero-order valence-electron chi connectivity index (χ0n) is 21.1. The van der Waals surface area contributed by atoms with Crippen molar-refractivity contribution in [3.8, 4) is 0 Å². The van der Waals surface area contributed by atoms with Crippen molar-refractivity contribution in [3.05, 3.63) is 125 Å². The number of aryl methyl sites for hydroxylation is 1. The summed E-state index contributed by atoms with van der Waals surface area (Å²) >= 11 is 0. The van der Waals surface area contributed by atoms with Crippen LogP contribution in [0, 0.1) is 6.92 Å². The quantitative estimate of drug-likeness (QED) is 0.276. The van der Waals surface area contributed by atoms with Gasteiger partial charge in [-0.3, -0.25) is 9.10 Å². The first-order chi connectivity index (χ1) is 18.3. The summed E-state index contributed by atoms with van der Waals surface area (Å²) in [5, 5.41) is 2.84. The van der Waals surface area contributed by atoms with E-state index in [1.54, 1.807) is 104 Å². The number of rotatable bonds is 9. The lowest BCUT2D eigenvalue weighted by Crippen LogP contribution is -2.30. The Morgan fingerprint density at radius 1 is 0.816 bits per heavy atom. The van der Waals surface area contributed by atoms with Gasteiger partial charge in [-0.2, -0.15) is 0 Å². The lowest BCUT2D eigenvalue weighted by Gasteiger charge is -2.25. The monoisotopic (exact) mass is 528 g/mol. The molecule has 0 unspecified atom stereocenters. The SMILES string of the molecule is CCOC(=O)c1ccc(C)c(NC(=O)c2ccc(CN(c3ccccc3)S(=O)(=O)c3ccccc3)cc2)c1. The van der Waals surface area contributed by atoms with Crippen LogP contribution >= 0.6 is 0 Å². The topological polar surface area (TPSA) is 92.8 Å². The van der Waals surface area contributed by atoms with Crippen LogP contribution in [0.4, 0.5) is 11.4 Å². The highest BCUT2D eigenvalue weighted by molar-refractivity contribution is 7.92. The van der Waals surface area contributed by atoms with E-state index in [0.29, 0.717) is 28.1 Å². The van der Waals surface area contributed by atoms with Crippen molar-refractivity contribution in [2.75, 3.05) is 16.2 Å². The maximum Gasteiger partial charge on any atom is 0.338 e. The summed E-state index contributed by atoms with van der Waals surface area (Å²) in [6, 6.07) is 28.9. The molecule has 0 aliphatic rings. The second kappa shape index (κ2) is 11.7. The lowest BCUT2D eigenvalue weighted by atomic mass is 10.1. The fourth-order valence-corrected chi connectivity index (χ4v) is 5.32. The number of carbonyl (C=O) groups excluding carboxylic acids is 2. The third-order valence-electron chi connectivity index (χ3n) is 5.91. The largest absolute Gasteiger partial charge is 0.462 e. The molecule has 1 amide bonds. The van der Waals surface area contributed by atoms with Gasteiger partial charge in [0, 0.05) is 11.3 Å². The van der Waals surface area contributed by atoms with E-state index < -0.39 is 16.0 Å². The Kier molecular flexibility index (Phi) is 8.23. The van der Waals surface area contributed by atoms with Crippen molar-refractivity contribution >= 4 is 33.3 Å². The summed E-state index contributed by atoms with van der Waals surface area (Å²) in [6.07, 6.45) is 0. The van der Waals surface area contributed by atoms with Crippen molar-refractivity contribution in [1.29, 1.82) is 0 Å². The first-order valence-electron chi connectivity index (χ1n) is 12.1. The number of anilines is 2. The van der Waals surface area contributed by atoms with Crippen LogP contribution in [0.5, 0.6) is 0 Å². The molecule has 0 fully saturated rings. The van der Waals surface area contributed by atoms with Crippen molar-refractivity contribution < 1.29 is 22.7 Å². The smallest absolute Gasteiger partial charge is 0.338 e. The summed E-state index contributed by atoms with van der Waals surface area (Å²) in [6.45, 7) is 3.91. The normalized spacial score (nSPS) is 11.0. The second-order valence-electron chi connectivity index (χ2n) is 8.56. The molecule has 38 heavy (non-hydrogen) atoms. The lowest BCUT2D eigenvalue weighted by molar-refractivity contribution is 0.0526. The summed E-state index contributed by atoms with van der Waals surface area (Å²) in [5.41, 5.74) is 3.30. The fourth-order valence-electron chi connectivity index (χ4n) is 3.85. The molecule has 7 nitrogen and oxygen atoms in total. The number of nitrogens with zero attached hydrogens (tertiary/aromatic N) is 1. The summed E-state index contributed by atoms with van der Waals surface area (Å²) in [5.74, 6) is -0.807. The van der Waals surface area contributed by atoms with E-state index >= 15 is 0 Å². The molecule has 0 radical (unpaired) electrons. The van der Waals surface area contributed by atoms with E-state index in [1.165, 1.54) is 4.31 Å². The summed E-state index contributed by atoms with van der Waals surface area (Å²) < 4.78 is 33.4. The molecule has 194 valence electrons. The van der Waals surface area contributed by atoms with E-state index in [1.807, 2.05) is 13.0 Å². The van der Waals surface area contributed by atoms with Crippen molar-refractivity contribution in [1.82, 2.24) is 0 Å². The summed E-state index contributed by atoms with van der Waals surface area (Å²) in [4.78, 5) is 25.2. The van der Waals surface area contributed by atoms with Gasteiger partial charge in [-0.1, -0.05) is 54.6 Å².